The van der Waals surface area contributed by atoms with Crippen LogP contribution in [-0.2, 0) is 6.54 Å². The highest BCUT2D eigenvalue weighted by molar-refractivity contribution is 5.80. The first-order chi connectivity index (χ1) is 13.6. The number of hydrogen-bond donors (Lipinski definition) is 1. The molecule has 1 aliphatic heterocycles. The van der Waals surface area contributed by atoms with Gasteiger partial charge in [0.25, 0.3) is 0 Å². The predicted molar refractivity (Wildman–Crippen MR) is 121 cm³/mol. The zero-order valence-electron chi connectivity index (χ0n) is 18.7. The highest BCUT2D eigenvalue weighted by Gasteiger charge is 2.26. The zero-order valence-corrected chi connectivity index (χ0v) is 18.7. The summed E-state index contributed by atoms with van der Waals surface area (Å²) < 4.78 is 0. The van der Waals surface area contributed by atoms with Gasteiger partial charge in [-0.1, -0.05) is 44.2 Å². The molecule has 1 aliphatic rings. The molecular weight excluding hydrogens is 346 g/mol. The Bertz CT molecular complexity index is 570. The van der Waals surface area contributed by atoms with Crippen molar-refractivity contribution in [2.24, 2.45) is 10.9 Å². The van der Waals surface area contributed by atoms with Crippen molar-refractivity contribution in [2.45, 2.75) is 46.7 Å². The van der Waals surface area contributed by atoms with Gasteiger partial charge in [0.1, 0.15) is 0 Å². The quantitative estimate of drug-likeness (QED) is 0.494. The van der Waals surface area contributed by atoms with Gasteiger partial charge in [-0.3, -0.25) is 9.89 Å². The Labute approximate surface area is 172 Å². The molecule has 1 heterocycles. The molecule has 0 amide bonds. The fraction of sp³-hybridized carbons (Fsp3) is 0.696. The second-order valence-electron chi connectivity index (χ2n) is 8.03. The average Bonchev–Trinajstić information content (AvgIpc) is 3.18. The van der Waals surface area contributed by atoms with Gasteiger partial charge >= 0.3 is 0 Å². The molecule has 1 saturated heterocycles. The van der Waals surface area contributed by atoms with Gasteiger partial charge < -0.3 is 15.1 Å². The van der Waals surface area contributed by atoms with E-state index in [1.165, 1.54) is 18.5 Å². The van der Waals surface area contributed by atoms with E-state index in [-0.39, 0.29) is 0 Å². The summed E-state index contributed by atoms with van der Waals surface area (Å²) in [7, 11) is 2.19. The summed E-state index contributed by atoms with van der Waals surface area (Å²) in [5, 5.41) is 3.51. The maximum absolute atomic E-state index is 4.99. The Morgan fingerprint density at radius 1 is 1.21 bits per heavy atom. The Hall–Kier alpha value is -1.59. The van der Waals surface area contributed by atoms with E-state index >= 15 is 0 Å². The molecule has 28 heavy (non-hydrogen) atoms. The number of likely N-dealkylation sites (N-methyl/N-ethyl adjacent to an activating group) is 1. The number of nitrogens with one attached hydrogen (secondary N) is 1. The molecule has 1 aromatic rings. The van der Waals surface area contributed by atoms with Crippen molar-refractivity contribution in [1.82, 2.24) is 20.0 Å². The first kappa shape index (κ1) is 22.7. The topological polar surface area (TPSA) is 34.1 Å². The van der Waals surface area contributed by atoms with E-state index in [4.69, 9.17) is 4.99 Å². The average molecular weight is 388 g/mol. The molecule has 1 aromatic carbocycles. The molecule has 0 saturated carbocycles. The van der Waals surface area contributed by atoms with Gasteiger partial charge in [0.15, 0.2) is 5.96 Å². The minimum absolute atomic E-state index is 0.405. The number of nitrogens with zero attached hydrogens (tertiary/aromatic N) is 4. The summed E-state index contributed by atoms with van der Waals surface area (Å²) in [6.45, 7) is 17.4. The molecule has 5 nitrogen and oxygen atoms in total. The van der Waals surface area contributed by atoms with Crippen LogP contribution in [0.5, 0.6) is 0 Å². The first-order valence-electron chi connectivity index (χ1n) is 11.1. The molecule has 0 aromatic heterocycles. The molecular formula is C23H41N5. The van der Waals surface area contributed by atoms with E-state index in [1.54, 1.807) is 0 Å². The monoisotopic (exact) mass is 387 g/mol. The van der Waals surface area contributed by atoms with Crippen molar-refractivity contribution in [3.05, 3.63) is 35.9 Å². The standard InChI is InChI=1S/C23H41N5/c1-6-24-23(28-15-14-22(19-28)18-27(7-2)8-3)25-16-20(4)26(5)17-21-12-10-9-11-13-21/h9-13,20,22H,6-8,14-19H2,1-5H3,(H,24,25). The van der Waals surface area contributed by atoms with Crippen LogP contribution >= 0.6 is 0 Å². The van der Waals surface area contributed by atoms with Crippen molar-refractivity contribution in [2.75, 3.05) is 52.9 Å². The summed E-state index contributed by atoms with van der Waals surface area (Å²) in [6.07, 6.45) is 1.27. The largest absolute Gasteiger partial charge is 0.357 e. The van der Waals surface area contributed by atoms with E-state index in [0.29, 0.717) is 6.04 Å². The lowest BCUT2D eigenvalue weighted by atomic mass is 10.1. The Balaban J connectivity index is 1.89. The van der Waals surface area contributed by atoms with Gasteiger partial charge in [0.2, 0.25) is 0 Å². The third-order valence-corrected chi connectivity index (χ3v) is 5.86. The fourth-order valence-corrected chi connectivity index (χ4v) is 3.83. The van der Waals surface area contributed by atoms with Gasteiger partial charge in [0.05, 0.1) is 6.54 Å². The van der Waals surface area contributed by atoms with Crippen LogP contribution in [0.2, 0.25) is 0 Å². The Morgan fingerprint density at radius 2 is 1.93 bits per heavy atom. The van der Waals surface area contributed by atoms with Gasteiger partial charge in [-0.2, -0.15) is 0 Å². The number of rotatable bonds is 10. The third-order valence-electron chi connectivity index (χ3n) is 5.86. The van der Waals surface area contributed by atoms with Crippen molar-refractivity contribution in [1.29, 1.82) is 0 Å². The van der Waals surface area contributed by atoms with E-state index in [1.807, 2.05) is 0 Å². The van der Waals surface area contributed by atoms with Gasteiger partial charge in [0, 0.05) is 38.8 Å². The van der Waals surface area contributed by atoms with Gasteiger partial charge in [-0.25, -0.2) is 0 Å². The molecule has 0 bridgehead atoms. The highest BCUT2D eigenvalue weighted by atomic mass is 15.3. The molecule has 2 rings (SSSR count). The predicted octanol–water partition coefficient (Wildman–Crippen LogP) is 3.14. The number of hydrogen-bond acceptors (Lipinski definition) is 3. The van der Waals surface area contributed by atoms with Gasteiger partial charge in [-0.05, 0) is 51.9 Å². The van der Waals surface area contributed by atoms with Crippen molar-refractivity contribution >= 4 is 5.96 Å². The molecule has 0 aliphatic carbocycles. The fourth-order valence-electron chi connectivity index (χ4n) is 3.83. The maximum atomic E-state index is 4.99. The number of likely N-dealkylation sites (tertiary alicyclic amines) is 1. The van der Waals surface area contributed by atoms with Crippen molar-refractivity contribution in [3.63, 3.8) is 0 Å². The van der Waals surface area contributed by atoms with E-state index in [2.05, 4.69) is 85.1 Å². The van der Waals surface area contributed by atoms with Crippen LogP contribution in [0.3, 0.4) is 0 Å². The summed E-state index contributed by atoms with van der Waals surface area (Å²) in [5.41, 5.74) is 1.35. The van der Waals surface area contributed by atoms with Crippen LogP contribution in [0.15, 0.2) is 35.3 Å². The lowest BCUT2D eigenvalue weighted by Gasteiger charge is -2.26. The van der Waals surface area contributed by atoms with Crippen molar-refractivity contribution in [3.8, 4) is 0 Å². The third kappa shape index (κ3) is 7.10. The highest BCUT2D eigenvalue weighted by Crippen LogP contribution is 2.18. The second-order valence-corrected chi connectivity index (χ2v) is 8.03. The van der Waals surface area contributed by atoms with Crippen LogP contribution in [0.1, 0.15) is 39.7 Å². The van der Waals surface area contributed by atoms with Gasteiger partial charge in [-0.15, -0.1) is 0 Å². The minimum Gasteiger partial charge on any atom is -0.357 e. The molecule has 0 spiro atoms. The van der Waals surface area contributed by atoms with Crippen LogP contribution in [0.25, 0.3) is 0 Å². The lowest BCUT2D eigenvalue weighted by Crippen LogP contribution is -2.42. The summed E-state index contributed by atoms with van der Waals surface area (Å²) in [5.74, 6) is 1.84. The van der Waals surface area contributed by atoms with Crippen LogP contribution in [0.4, 0.5) is 0 Å². The van der Waals surface area contributed by atoms with E-state index in [9.17, 15) is 0 Å². The summed E-state index contributed by atoms with van der Waals surface area (Å²) >= 11 is 0. The molecule has 5 heteroatoms. The number of aliphatic imine (C=N–C) groups is 1. The molecule has 2 unspecified atom stereocenters. The molecule has 1 fully saturated rings. The van der Waals surface area contributed by atoms with Crippen LogP contribution in [-0.4, -0.2) is 79.6 Å². The number of benzene rings is 1. The second kappa shape index (κ2) is 12.1. The first-order valence-corrected chi connectivity index (χ1v) is 11.1. The van der Waals surface area contributed by atoms with E-state index < -0.39 is 0 Å². The maximum Gasteiger partial charge on any atom is 0.193 e. The molecule has 0 radical (unpaired) electrons. The van der Waals surface area contributed by atoms with Crippen LogP contribution < -0.4 is 5.32 Å². The lowest BCUT2D eigenvalue weighted by molar-refractivity contribution is 0.252. The Morgan fingerprint density at radius 3 is 2.57 bits per heavy atom. The molecule has 158 valence electrons. The Kier molecular flexibility index (Phi) is 9.79. The minimum atomic E-state index is 0.405. The molecule has 2 atom stereocenters. The zero-order chi connectivity index (χ0) is 20.4. The molecule has 1 N–H and O–H groups in total. The van der Waals surface area contributed by atoms with Crippen LogP contribution in [0, 0.1) is 5.92 Å². The van der Waals surface area contributed by atoms with E-state index in [0.717, 1.165) is 57.7 Å². The summed E-state index contributed by atoms with van der Waals surface area (Å²) in [4.78, 5) is 12.4. The SMILES string of the molecule is CCNC(=NCC(C)N(C)Cc1ccccc1)N1CCC(CN(CC)CC)C1. The van der Waals surface area contributed by atoms with Crippen molar-refractivity contribution < 1.29 is 0 Å². The summed E-state index contributed by atoms with van der Waals surface area (Å²) in [6, 6.07) is 11.1. The normalized spacial score (nSPS) is 18.9. The smallest absolute Gasteiger partial charge is 0.193 e. The number of guanidine groups is 1.